The van der Waals surface area contributed by atoms with Crippen molar-refractivity contribution in [2.45, 2.75) is 19.1 Å². The van der Waals surface area contributed by atoms with Crippen molar-refractivity contribution in [1.29, 1.82) is 0 Å². The quantitative estimate of drug-likeness (QED) is 0.595. The third-order valence-electron chi connectivity index (χ3n) is 2.32. The summed E-state index contributed by atoms with van der Waals surface area (Å²) in [5.41, 5.74) is 7.28. The first-order valence-electron chi connectivity index (χ1n) is 4.88. The van der Waals surface area contributed by atoms with Crippen LogP contribution in [-0.2, 0) is 20.9 Å². The van der Waals surface area contributed by atoms with Crippen molar-refractivity contribution in [3.05, 3.63) is 29.8 Å². The van der Waals surface area contributed by atoms with Crippen LogP contribution >= 0.6 is 0 Å². The third-order valence-corrected chi connectivity index (χ3v) is 2.32. The number of esters is 1. The van der Waals surface area contributed by atoms with Crippen LogP contribution in [0.1, 0.15) is 12.0 Å². The fraction of sp³-hybridized carbons (Fsp3) is 0.364. The fourth-order valence-electron chi connectivity index (χ4n) is 1.44. The molecule has 1 atom stereocenters. The third kappa shape index (κ3) is 2.47. The molecule has 0 saturated carbocycles. The molecule has 0 aromatic heterocycles. The van der Waals surface area contributed by atoms with E-state index < -0.39 is 6.10 Å². The van der Waals surface area contributed by atoms with Crippen molar-refractivity contribution >= 4 is 11.7 Å². The van der Waals surface area contributed by atoms with Gasteiger partial charge in [-0.2, -0.15) is 0 Å². The summed E-state index contributed by atoms with van der Waals surface area (Å²) in [7, 11) is 0. The number of anilines is 1. The first kappa shape index (κ1) is 9.98. The van der Waals surface area contributed by atoms with Crippen LogP contribution in [0.2, 0.25) is 0 Å². The molecule has 1 aliphatic heterocycles. The minimum absolute atomic E-state index is 0.259. The Kier molecular flexibility index (Phi) is 2.87. The molecule has 80 valence electrons. The highest BCUT2D eigenvalue weighted by Gasteiger charge is 2.26. The molecular formula is C11H13NO3. The Morgan fingerprint density at radius 1 is 1.40 bits per heavy atom. The zero-order valence-corrected chi connectivity index (χ0v) is 8.31. The summed E-state index contributed by atoms with van der Waals surface area (Å²) in [5.74, 6) is -0.259. The Bertz CT molecular complexity index is 347. The van der Waals surface area contributed by atoms with E-state index in [1.165, 1.54) is 0 Å². The van der Waals surface area contributed by atoms with Gasteiger partial charge in [-0.1, -0.05) is 12.1 Å². The highest BCUT2D eigenvalue weighted by molar-refractivity contribution is 5.76. The van der Waals surface area contributed by atoms with Crippen molar-refractivity contribution in [2.24, 2.45) is 0 Å². The lowest BCUT2D eigenvalue weighted by Gasteiger charge is -2.07. The second kappa shape index (κ2) is 4.31. The van der Waals surface area contributed by atoms with E-state index >= 15 is 0 Å². The van der Waals surface area contributed by atoms with Crippen LogP contribution in [0.4, 0.5) is 5.69 Å². The van der Waals surface area contributed by atoms with E-state index in [0.29, 0.717) is 19.6 Å². The van der Waals surface area contributed by atoms with Gasteiger partial charge in [-0.15, -0.1) is 0 Å². The van der Waals surface area contributed by atoms with Gasteiger partial charge >= 0.3 is 5.97 Å². The predicted molar refractivity (Wildman–Crippen MR) is 55.0 cm³/mol. The van der Waals surface area contributed by atoms with Gasteiger partial charge in [0.25, 0.3) is 0 Å². The second-order valence-electron chi connectivity index (χ2n) is 3.50. The Morgan fingerprint density at radius 2 is 2.13 bits per heavy atom. The molecule has 1 unspecified atom stereocenters. The Balaban J connectivity index is 1.87. The predicted octanol–water partition coefficient (Wildman–Crippen LogP) is 1.10. The topological polar surface area (TPSA) is 61.6 Å². The second-order valence-corrected chi connectivity index (χ2v) is 3.50. The maximum atomic E-state index is 11.1. The van der Waals surface area contributed by atoms with Crippen LogP contribution in [0.25, 0.3) is 0 Å². The van der Waals surface area contributed by atoms with Crippen molar-refractivity contribution in [3.8, 4) is 0 Å². The van der Waals surface area contributed by atoms with E-state index in [-0.39, 0.29) is 5.97 Å². The monoisotopic (exact) mass is 207 g/mol. The molecule has 1 aliphatic rings. The average molecular weight is 207 g/mol. The summed E-state index contributed by atoms with van der Waals surface area (Å²) in [4.78, 5) is 11.1. The highest BCUT2D eigenvalue weighted by Crippen LogP contribution is 2.13. The number of carbonyl (C=O) groups is 1. The van der Waals surface area contributed by atoms with Gasteiger partial charge in [-0.05, 0) is 17.7 Å². The highest BCUT2D eigenvalue weighted by atomic mass is 16.6. The average Bonchev–Trinajstić information content (AvgIpc) is 2.63. The summed E-state index contributed by atoms with van der Waals surface area (Å²) in [6.45, 7) is 0.880. The van der Waals surface area contributed by atoms with Gasteiger partial charge in [0.05, 0.1) is 13.2 Å². The van der Waals surface area contributed by atoms with Crippen LogP contribution in [0, 0.1) is 0 Å². The van der Waals surface area contributed by atoms with Crippen molar-refractivity contribution < 1.29 is 14.3 Å². The standard InChI is InChI=1S/C11H13NO3/c12-9-3-1-8(2-4-9)7-15-10-5-6-14-11(10)13/h1-4,10H,5-7,12H2. The number of nitrogen functional groups attached to an aromatic ring is 1. The first-order chi connectivity index (χ1) is 7.25. The van der Waals surface area contributed by atoms with Gasteiger partial charge in [-0.3, -0.25) is 0 Å². The van der Waals surface area contributed by atoms with Crippen molar-refractivity contribution in [1.82, 2.24) is 0 Å². The summed E-state index contributed by atoms with van der Waals surface area (Å²) >= 11 is 0. The molecule has 0 amide bonds. The van der Waals surface area contributed by atoms with Crippen LogP contribution in [0.3, 0.4) is 0 Å². The molecule has 4 heteroatoms. The SMILES string of the molecule is Nc1ccc(COC2CCOC2=O)cc1. The summed E-state index contributed by atoms with van der Waals surface area (Å²) < 4.78 is 10.2. The van der Waals surface area contributed by atoms with E-state index in [9.17, 15) is 4.79 Å². The van der Waals surface area contributed by atoms with E-state index in [4.69, 9.17) is 15.2 Å². The number of carbonyl (C=O) groups excluding carboxylic acids is 1. The van der Waals surface area contributed by atoms with Crippen LogP contribution in [-0.4, -0.2) is 18.7 Å². The van der Waals surface area contributed by atoms with E-state index in [1.807, 2.05) is 24.3 Å². The largest absolute Gasteiger partial charge is 0.464 e. The Hall–Kier alpha value is -1.55. The number of ether oxygens (including phenoxy) is 2. The molecule has 2 N–H and O–H groups in total. The lowest BCUT2D eigenvalue weighted by atomic mass is 10.2. The molecule has 1 aromatic carbocycles. The van der Waals surface area contributed by atoms with Crippen molar-refractivity contribution in [2.75, 3.05) is 12.3 Å². The molecule has 4 nitrogen and oxygen atoms in total. The molecule has 0 aliphatic carbocycles. The fourth-order valence-corrected chi connectivity index (χ4v) is 1.44. The van der Waals surface area contributed by atoms with E-state index in [2.05, 4.69) is 0 Å². The Labute approximate surface area is 88.0 Å². The molecule has 1 fully saturated rings. The van der Waals surface area contributed by atoms with Crippen LogP contribution in [0.15, 0.2) is 24.3 Å². The summed E-state index contributed by atoms with van der Waals surface area (Å²) in [6, 6.07) is 7.39. The Morgan fingerprint density at radius 3 is 2.73 bits per heavy atom. The van der Waals surface area contributed by atoms with Crippen molar-refractivity contribution in [3.63, 3.8) is 0 Å². The maximum Gasteiger partial charge on any atom is 0.335 e. The molecule has 0 spiro atoms. The molecule has 2 rings (SSSR count). The molecule has 1 saturated heterocycles. The molecule has 0 radical (unpaired) electrons. The van der Waals surface area contributed by atoms with Gasteiger partial charge in [0.2, 0.25) is 0 Å². The van der Waals surface area contributed by atoms with Crippen LogP contribution in [0.5, 0.6) is 0 Å². The molecule has 0 bridgehead atoms. The van der Waals surface area contributed by atoms with Gasteiger partial charge in [-0.25, -0.2) is 4.79 Å². The molecule has 1 heterocycles. The van der Waals surface area contributed by atoms with E-state index in [0.717, 1.165) is 11.3 Å². The minimum atomic E-state index is -0.400. The number of cyclic esters (lactones) is 1. The van der Waals surface area contributed by atoms with Gasteiger partial charge in [0.15, 0.2) is 6.10 Å². The molecular weight excluding hydrogens is 194 g/mol. The lowest BCUT2D eigenvalue weighted by Crippen LogP contribution is -2.18. The number of hydrogen-bond acceptors (Lipinski definition) is 4. The first-order valence-corrected chi connectivity index (χ1v) is 4.88. The maximum absolute atomic E-state index is 11.1. The van der Waals surface area contributed by atoms with E-state index in [1.54, 1.807) is 0 Å². The zero-order valence-electron chi connectivity index (χ0n) is 8.31. The summed E-state index contributed by atoms with van der Waals surface area (Å²) in [5, 5.41) is 0. The minimum Gasteiger partial charge on any atom is -0.464 e. The number of hydrogen-bond donors (Lipinski definition) is 1. The summed E-state index contributed by atoms with van der Waals surface area (Å²) in [6.07, 6.45) is 0.246. The van der Waals surface area contributed by atoms with Crippen LogP contribution < -0.4 is 5.73 Å². The smallest absolute Gasteiger partial charge is 0.335 e. The number of benzene rings is 1. The van der Waals surface area contributed by atoms with Gasteiger partial charge in [0.1, 0.15) is 0 Å². The molecule has 15 heavy (non-hydrogen) atoms. The normalized spacial score (nSPS) is 20.3. The lowest BCUT2D eigenvalue weighted by molar-refractivity contribution is -0.147. The number of nitrogens with two attached hydrogens (primary N) is 1. The van der Waals surface area contributed by atoms with Gasteiger partial charge < -0.3 is 15.2 Å². The zero-order chi connectivity index (χ0) is 10.7. The molecule has 1 aromatic rings. The number of rotatable bonds is 3. The van der Waals surface area contributed by atoms with Gasteiger partial charge in [0, 0.05) is 12.1 Å².